The molecular weight excluding hydrogens is 292 g/mol. The summed E-state index contributed by atoms with van der Waals surface area (Å²) in [5, 5.41) is 0. The molecule has 2 rings (SSSR count). The molecular formula is C14H16N2O2S2. The summed E-state index contributed by atoms with van der Waals surface area (Å²) in [5.41, 5.74) is 7.06. The highest BCUT2D eigenvalue weighted by Crippen LogP contribution is 2.24. The smallest absolute Gasteiger partial charge is 0.233 e. The van der Waals surface area contributed by atoms with Crippen LogP contribution < -0.4 is 10.5 Å². The molecule has 2 aromatic rings. The van der Waals surface area contributed by atoms with E-state index in [1.807, 2.05) is 24.3 Å². The molecule has 106 valence electrons. The van der Waals surface area contributed by atoms with Gasteiger partial charge >= 0.3 is 0 Å². The van der Waals surface area contributed by atoms with Crippen molar-refractivity contribution in [2.75, 3.05) is 22.0 Å². The normalized spacial score (nSPS) is 11.2. The SMILES string of the molecule is Nc1ccccc1SCCS(=O)(=O)Nc1ccccc1. The monoisotopic (exact) mass is 308 g/mol. The molecule has 0 aliphatic heterocycles. The van der Waals surface area contributed by atoms with Crippen molar-refractivity contribution in [3.63, 3.8) is 0 Å². The first-order chi connectivity index (χ1) is 9.57. The number of hydrogen-bond donors (Lipinski definition) is 2. The summed E-state index contributed by atoms with van der Waals surface area (Å²) in [6.07, 6.45) is 0. The summed E-state index contributed by atoms with van der Waals surface area (Å²) in [5.74, 6) is 0.497. The fourth-order valence-corrected chi connectivity index (χ4v) is 4.05. The van der Waals surface area contributed by atoms with Crippen LogP contribution in [0.3, 0.4) is 0 Å². The second-order valence-corrected chi connectivity index (χ2v) is 7.15. The minimum absolute atomic E-state index is 0.0426. The third-order valence-corrected chi connectivity index (χ3v) is 5.21. The Balaban J connectivity index is 1.89. The van der Waals surface area contributed by atoms with E-state index in [1.54, 1.807) is 30.3 Å². The summed E-state index contributed by atoms with van der Waals surface area (Å²) in [6, 6.07) is 16.3. The molecule has 0 aliphatic carbocycles. The van der Waals surface area contributed by atoms with E-state index < -0.39 is 10.0 Å². The van der Waals surface area contributed by atoms with Gasteiger partial charge in [-0.15, -0.1) is 11.8 Å². The lowest BCUT2D eigenvalue weighted by Crippen LogP contribution is -2.18. The zero-order valence-electron chi connectivity index (χ0n) is 10.8. The van der Waals surface area contributed by atoms with E-state index in [2.05, 4.69) is 4.72 Å². The first-order valence-electron chi connectivity index (χ1n) is 6.10. The lowest BCUT2D eigenvalue weighted by atomic mass is 10.3. The molecule has 0 heterocycles. The Bertz CT molecular complexity index is 658. The van der Waals surface area contributed by atoms with Crippen LogP contribution in [0.15, 0.2) is 59.5 Å². The van der Waals surface area contributed by atoms with Crippen LogP contribution in [0.5, 0.6) is 0 Å². The molecule has 0 unspecified atom stereocenters. The Labute approximate surface area is 123 Å². The minimum atomic E-state index is -3.33. The molecule has 0 saturated carbocycles. The average Bonchev–Trinajstić information content (AvgIpc) is 2.41. The third kappa shape index (κ3) is 4.47. The number of thioether (sulfide) groups is 1. The van der Waals surface area contributed by atoms with E-state index in [4.69, 9.17) is 5.73 Å². The van der Waals surface area contributed by atoms with Crippen molar-refractivity contribution in [3.8, 4) is 0 Å². The van der Waals surface area contributed by atoms with Gasteiger partial charge in [-0.2, -0.15) is 0 Å². The third-order valence-electron chi connectivity index (χ3n) is 2.58. The van der Waals surface area contributed by atoms with E-state index in [0.29, 0.717) is 17.1 Å². The molecule has 0 amide bonds. The van der Waals surface area contributed by atoms with Crippen LogP contribution in [-0.4, -0.2) is 19.9 Å². The Morgan fingerprint density at radius 2 is 1.65 bits per heavy atom. The van der Waals surface area contributed by atoms with Crippen LogP contribution in [-0.2, 0) is 10.0 Å². The lowest BCUT2D eigenvalue weighted by Gasteiger charge is -2.08. The predicted molar refractivity (Wildman–Crippen MR) is 85.4 cm³/mol. The molecule has 6 heteroatoms. The number of nitrogens with one attached hydrogen (secondary N) is 1. The van der Waals surface area contributed by atoms with Gasteiger partial charge in [-0.05, 0) is 24.3 Å². The maximum Gasteiger partial charge on any atom is 0.233 e. The standard InChI is InChI=1S/C14H16N2O2S2/c15-13-8-4-5-9-14(13)19-10-11-20(17,18)16-12-6-2-1-3-7-12/h1-9,16H,10-11,15H2. The van der Waals surface area contributed by atoms with Crippen molar-refractivity contribution in [1.29, 1.82) is 0 Å². The van der Waals surface area contributed by atoms with Crippen molar-refractivity contribution in [3.05, 3.63) is 54.6 Å². The van der Waals surface area contributed by atoms with Crippen LogP contribution in [0.25, 0.3) is 0 Å². The topological polar surface area (TPSA) is 72.2 Å². The highest BCUT2D eigenvalue weighted by atomic mass is 32.2. The second-order valence-electron chi connectivity index (χ2n) is 4.17. The second kappa shape index (κ2) is 6.67. The number of benzene rings is 2. The molecule has 2 aromatic carbocycles. The molecule has 0 radical (unpaired) electrons. The molecule has 0 bridgehead atoms. The molecule has 20 heavy (non-hydrogen) atoms. The van der Waals surface area contributed by atoms with Crippen LogP contribution >= 0.6 is 11.8 Å². The predicted octanol–water partition coefficient (Wildman–Crippen LogP) is 2.80. The van der Waals surface area contributed by atoms with Crippen LogP contribution in [0, 0.1) is 0 Å². The lowest BCUT2D eigenvalue weighted by molar-refractivity contribution is 0.602. The Hall–Kier alpha value is -1.66. The molecule has 3 N–H and O–H groups in total. The van der Waals surface area contributed by atoms with Crippen molar-refractivity contribution in [2.24, 2.45) is 0 Å². The van der Waals surface area contributed by atoms with Crippen LogP contribution in [0.4, 0.5) is 11.4 Å². The summed E-state index contributed by atoms with van der Waals surface area (Å²) >= 11 is 1.44. The van der Waals surface area contributed by atoms with Gasteiger partial charge in [-0.1, -0.05) is 30.3 Å². The summed E-state index contributed by atoms with van der Waals surface area (Å²) in [7, 11) is -3.33. The zero-order valence-corrected chi connectivity index (χ0v) is 12.5. The van der Waals surface area contributed by atoms with Gasteiger partial charge in [0.05, 0.1) is 5.75 Å². The summed E-state index contributed by atoms with van der Waals surface area (Å²) < 4.78 is 26.4. The summed E-state index contributed by atoms with van der Waals surface area (Å²) in [6.45, 7) is 0. The quantitative estimate of drug-likeness (QED) is 0.636. The van der Waals surface area contributed by atoms with Crippen molar-refractivity contribution in [2.45, 2.75) is 4.90 Å². The van der Waals surface area contributed by atoms with Gasteiger partial charge in [0.1, 0.15) is 0 Å². The Kier molecular flexibility index (Phi) is 4.92. The summed E-state index contributed by atoms with van der Waals surface area (Å²) in [4.78, 5) is 0.905. The number of nitrogen functional groups attached to an aromatic ring is 1. The largest absolute Gasteiger partial charge is 0.398 e. The first kappa shape index (κ1) is 14.7. The fraction of sp³-hybridized carbons (Fsp3) is 0.143. The highest BCUT2D eigenvalue weighted by molar-refractivity contribution is 8.01. The molecule has 0 aliphatic rings. The maximum atomic E-state index is 11.9. The van der Waals surface area contributed by atoms with E-state index in [1.165, 1.54) is 11.8 Å². The fourth-order valence-electron chi connectivity index (χ4n) is 1.61. The van der Waals surface area contributed by atoms with Gasteiger partial charge in [0.25, 0.3) is 0 Å². The van der Waals surface area contributed by atoms with Gasteiger partial charge in [0, 0.05) is 22.0 Å². The van der Waals surface area contributed by atoms with Gasteiger partial charge in [0.15, 0.2) is 0 Å². The Morgan fingerprint density at radius 3 is 2.35 bits per heavy atom. The number of anilines is 2. The Morgan fingerprint density at radius 1 is 1.00 bits per heavy atom. The van der Waals surface area contributed by atoms with Crippen molar-refractivity contribution >= 4 is 33.2 Å². The zero-order chi connectivity index (χ0) is 14.4. The molecule has 0 fully saturated rings. The average molecular weight is 308 g/mol. The molecule has 0 saturated heterocycles. The van der Waals surface area contributed by atoms with Crippen molar-refractivity contribution < 1.29 is 8.42 Å². The van der Waals surface area contributed by atoms with E-state index in [9.17, 15) is 8.42 Å². The van der Waals surface area contributed by atoms with Crippen molar-refractivity contribution in [1.82, 2.24) is 0 Å². The molecule has 4 nitrogen and oxygen atoms in total. The molecule has 0 aromatic heterocycles. The van der Waals surface area contributed by atoms with Gasteiger partial charge in [-0.25, -0.2) is 8.42 Å². The highest BCUT2D eigenvalue weighted by Gasteiger charge is 2.10. The van der Waals surface area contributed by atoms with Gasteiger partial charge in [0.2, 0.25) is 10.0 Å². The number of hydrogen-bond acceptors (Lipinski definition) is 4. The van der Waals surface area contributed by atoms with E-state index in [-0.39, 0.29) is 5.75 Å². The number of sulfonamides is 1. The van der Waals surface area contributed by atoms with E-state index >= 15 is 0 Å². The molecule has 0 atom stereocenters. The van der Waals surface area contributed by atoms with Crippen LogP contribution in [0.1, 0.15) is 0 Å². The maximum absolute atomic E-state index is 11.9. The van der Waals surface area contributed by atoms with E-state index in [0.717, 1.165) is 4.90 Å². The first-order valence-corrected chi connectivity index (χ1v) is 8.73. The number of nitrogens with two attached hydrogens (primary N) is 1. The van der Waals surface area contributed by atoms with Gasteiger partial charge < -0.3 is 5.73 Å². The number of rotatable bonds is 6. The van der Waals surface area contributed by atoms with Crippen LogP contribution in [0.2, 0.25) is 0 Å². The minimum Gasteiger partial charge on any atom is -0.398 e. The number of para-hydroxylation sites is 2. The molecule has 0 spiro atoms. The van der Waals surface area contributed by atoms with Gasteiger partial charge in [-0.3, -0.25) is 4.72 Å².